The number of benzene rings is 1. The van der Waals surface area contributed by atoms with Crippen LogP contribution in [0.1, 0.15) is 19.8 Å². The highest BCUT2D eigenvalue weighted by molar-refractivity contribution is 5.22. The third-order valence-corrected chi connectivity index (χ3v) is 2.68. The van der Waals surface area contributed by atoms with Gasteiger partial charge in [-0.15, -0.1) is 0 Å². The van der Waals surface area contributed by atoms with E-state index in [2.05, 4.69) is 6.92 Å². The van der Waals surface area contributed by atoms with Crippen LogP contribution >= 0.6 is 0 Å². The molecule has 0 spiro atoms. The molecule has 0 aliphatic rings. The van der Waals surface area contributed by atoms with E-state index >= 15 is 0 Å². The zero-order chi connectivity index (χ0) is 15.2. The number of rotatable bonds is 13. The van der Waals surface area contributed by atoms with Crippen LogP contribution in [0.15, 0.2) is 24.3 Å². The smallest absolute Gasteiger partial charge is 0.126 e. The molecular weight excluding hydrogens is 275 g/mol. The highest BCUT2D eigenvalue weighted by atomic mass is 19.1. The summed E-state index contributed by atoms with van der Waals surface area (Å²) in [7, 11) is 0. The predicted octanol–water partition coefficient (Wildman–Crippen LogP) is 3.05. The van der Waals surface area contributed by atoms with Crippen molar-refractivity contribution in [2.24, 2.45) is 0 Å². The first-order valence-electron chi connectivity index (χ1n) is 7.44. The first-order valence-corrected chi connectivity index (χ1v) is 7.44. The number of hydrogen-bond donors (Lipinski definition) is 0. The Labute approximate surface area is 126 Å². The van der Waals surface area contributed by atoms with Crippen molar-refractivity contribution in [2.75, 3.05) is 46.2 Å². The molecule has 0 saturated heterocycles. The second-order valence-electron chi connectivity index (χ2n) is 4.50. The summed E-state index contributed by atoms with van der Waals surface area (Å²) in [5.74, 6) is 0.210. The van der Waals surface area contributed by atoms with Crippen LogP contribution in [0.3, 0.4) is 0 Å². The van der Waals surface area contributed by atoms with E-state index in [9.17, 15) is 4.39 Å². The van der Waals surface area contributed by atoms with Crippen molar-refractivity contribution in [1.82, 2.24) is 0 Å². The lowest BCUT2D eigenvalue weighted by molar-refractivity contribution is 0.00894. The molecule has 0 bridgehead atoms. The molecule has 1 aromatic carbocycles. The Kier molecular flexibility index (Phi) is 10.7. The average Bonchev–Trinajstić information content (AvgIpc) is 2.48. The van der Waals surface area contributed by atoms with Crippen LogP contribution in [0.5, 0.6) is 5.75 Å². The van der Waals surface area contributed by atoms with E-state index in [1.54, 1.807) is 12.1 Å². The third-order valence-electron chi connectivity index (χ3n) is 2.68. The Bertz CT molecular complexity index is 360. The summed E-state index contributed by atoms with van der Waals surface area (Å²) < 4.78 is 34.3. The minimum atomic E-state index is -0.303. The molecule has 0 unspecified atom stereocenters. The molecule has 1 rings (SSSR count). The van der Waals surface area contributed by atoms with Gasteiger partial charge in [0.15, 0.2) is 0 Å². The van der Waals surface area contributed by atoms with Gasteiger partial charge < -0.3 is 18.9 Å². The molecule has 21 heavy (non-hydrogen) atoms. The minimum absolute atomic E-state index is 0.303. The number of ether oxygens (including phenoxy) is 4. The first-order chi connectivity index (χ1) is 10.3. The van der Waals surface area contributed by atoms with Crippen LogP contribution in [0.4, 0.5) is 4.39 Å². The fourth-order valence-electron chi connectivity index (χ4n) is 1.56. The Morgan fingerprint density at radius 1 is 0.857 bits per heavy atom. The van der Waals surface area contributed by atoms with Gasteiger partial charge in [-0.3, -0.25) is 0 Å². The summed E-state index contributed by atoms with van der Waals surface area (Å²) in [4.78, 5) is 0. The van der Waals surface area contributed by atoms with Crippen molar-refractivity contribution in [3.05, 3.63) is 30.1 Å². The molecule has 0 radical (unpaired) electrons. The number of hydrogen-bond acceptors (Lipinski definition) is 4. The standard InChI is InChI=1S/C16H25FO4/c1-2-3-7-18-8-9-19-10-11-20-12-13-21-16-6-4-5-15(17)14-16/h4-6,14H,2-3,7-13H2,1H3. The van der Waals surface area contributed by atoms with Gasteiger partial charge in [0.1, 0.15) is 18.2 Å². The van der Waals surface area contributed by atoms with Crippen LogP contribution in [0, 0.1) is 5.82 Å². The molecule has 0 aliphatic heterocycles. The maximum atomic E-state index is 12.9. The largest absolute Gasteiger partial charge is 0.491 e. The second kappa shape index (κ2) is 12.6. The van der Waals surface area contributed by atoms with Crippen molar-refractivity contribution in [3.8, 4) is 5.75 Å². The Morgan fingerprint density at radius 3 is 2.10 bits per heavy atom. The highest BCUT2D eigenvalue weighted by Gasteiger charge is 1.96. The Balaban J connectivity index is 1.82. The fraction of sp³-hybridized carbons (Fsp3) is 0.625. The topological polar surface area (TPSA) is 36.9 Å². The molecule has 4 nitrogen and oxygen atoms in total. The predicted molar refractivity (Wildman–Crippen MR) is 79.3 cm³/mol. The van der Waals surface area contributed by atoms with Gasteiger partial charge >= 0.3 is 0 Å². The fourth-order valence-corrected chi connectivity index (χ4v) is 1.56. The van der Waals surface area contributed by atoms with Crippen LogP contribution in [0.25, 0.3) is 0 Å². The van der Waals surface area contributed by atoms with Gasteiger partial charge in [0.05, 0.1) is 33.0 Å². The van der Waals surface area contributed by atoms with Gasteiger partial charge in [0.25, 0.3) is 0 Å². The Morgan fingerprint density at radius 2 is 1.48 bits per heavy atom. The lowest BCUT2D eigenvalue weighted by Crippen LogP contribution is -2.13. The molecule has 0 saturated carbocycles. The lowest BCUT2D eigenvalue weighted by atomic mass is 10.3. The van der Waals surface area contributed by atoms with E-state index in [0.717, 1.165) is 19.4 Å². The molecule has 1 aromatic rings. The van der Waals surface area contributed by atoms with Crippen molar-refractivity contribution < 1.29 is 23.3 Å². The number of unbranched alkanes of at least 4 members (excludes halogenated alkanes) is 1. The van der Waals surface area contributed by atoms with E-state index < -0.39 is 0 Å². The maximum Gasteiger partial charge on any atom is 0.126 e. The summed E-state index contributed by atoms with van der Waals surface area (Å²) >= 11 is 0. The van der Waals surface area contributed by atoms with Gasteiger partial charge in [0, 0.05) is 12.7 Å². The van der Waals surface area contributed by atoms with Gasteiger partial charge in [-0.2, -0.15) is 0 Å². The highest BCUT2D eigenvalue weighted by Crippen LogP contribution is 2.11. The molecule has 0 amide bonds. The van der Waals surface area contributed by atoms with Crippen molar-refractivity contribution >= 4 is 0 Å². The van der Waals surface area contributed by atoms with Crippen LogP contribution in [0.2, 0.25) is 0 Å². The van der Waals surface area contributed by atoms with Crippen LogP contribution in [-0.2, 0) is 14.2 Å². The monoisotopic (exact) mass is 300 g/mol. The SMILES string of the molecule is CCCCOCCOCCOCCOc1cccc(F)c1. The summed E-state index contributed by atoms with van der Waals surface area (Å²) in [5.41, 5.74) is 0. The summed E-state index contributed by atoms with van der Waals surface area (Å²) in [5, 5.41) is 0. The van der Waals surface area contributed by atoms with Crippen LogP contribution < -0.4 is 4.74 Å². The summed E-state index contributed by atoms with van der Waals surface area (Å²) in [6, 6.07) is 6.06. The first kappa shape index (κ1) is 17.9. The molecule has 5 heteroatoms. The third kappa shape index (κ3) is 10.2. The zero-order valence-electron chi connectivity index (χ0n) is 12.7. The van der Waals surface area contributed by atoms with Crippen LogP contribution in [-0.4, -0.2) is 46.2 Å². The number of halogens is 1. The molecular formula is C16H25FO4. The van der Waals surface area contributed by atoms with E-state index in [0.29, 0.717) is 45.4 Å². The summed E-state index contributed by atoms with van der Waals surface area (Å²) in [6.45, 7) is 6.05. The zero-order valence-corrected chi connectivity index (χ0v) is 12.7. The lowest BCUT2D eigenvalue weighted by Gasteiger charge is -2.08. The molecule has 120 valence electrons. The normalized spacial score (nSPS) is 10.8. The molecule has 0 atom stereocenters. The molecule has 0 heterocycles. The second-order valence-corrected chi connectivity index (χ2v) is 4.50. The van der Waals surface area contributed by atoms with Crippen molar-refractivity contribution in [1.29, 1.82) is 0 Å². The minimum Gasteiger partial charge on any atom is -0.491 e. The van der Waals surface area contributed by atoms with E-state index in [1.807, 2.05) is 0 Å². The summed E-state index contributed by atoms with van der Waals surface area (Å²) in [6.07, 6.45) is 2.24. The van der Waals surface area contributed by atoms with Gasteiger partial charge in [0.2, 0.25) is 0 Å². The van der Waals surface area contributed by atoms with Gasteiger partial charge in [-0.05, 0) is 18.6 Å². The molecule has 0 aromatic heterocycles. The molecule has 0 fully saturated rings. The quantitative estimate of drug-likeness (QED) is 0.525. The molecule has 0 N–H and O–H groups in total. The van der Waals surface area contributed by atoms with Gasteiger partial charge in [-0.1, -0.05) is 19.4 Å². The van der Waals surface area contributed by atoms with E-state index in [-0.39, 0.29) is 5.82 Å². The molecule has 0 aliphatic carbocycles. The maximum absolute atomic E-state index is 12.9. The average molecular weight is 300 g/mol. The van der Waals surface area contributed by atoms with Crippen molar-refractivity contribution in [3.63, 3.8) is 0 Å². The van der Waals surface area contributed by atoms with Gasteiger partial charge in [-0.25, -0.2) is 4.39 Å². The Hall–Kier alpha value is -1.17. The van der Waals surface area contributed by atoms with Crippen molar-refractivity contribution in [2.45, 2.75) is 19.8 Å². The van der Waals surface area contributed by atoms with E-state index in [4.69, 9.17) is 18.9 Å². The van der Waals surface area contributed by atoms with E-state index in [1.165, 1.54) is 12.1 Å².